The lowest BCUT2D eigenvalue weighted by atomic mass is 10.2. The second-order valence-corrected chi connectivity index (χ2v) is 2.34. The first kappa shape index (κ1) is 11.5. The maximum atomic E-state index is 10.5. The number of carbonyl (C=O) groups excluding carboxylic acids is 2. The second-order valence-electron chi connectivity index (χ2n) is 2.34. The van der Waals surface area contributed by atoms with Crippen LogP contribution >= 0.6 is 0 Å². The lowest BCUT2D eigenvalue weighted by Gasteiger charge is -2.17. The molecule has 1 radical (unpaired) electrons. The molecule has 0 spiro atoms. The minimum Gasteiger partial charge on any atom is -0.457 e. The Bertz CT molecular complexity index is 238. The molecule has 0 N–H and O–H groups in total. The maximum absolute atomic E-state index is 10.5. The third kappa shape index (κ3) is 4.86. The van der Waals surface area contributed by atoms with E-state index in [9.17, 15) is 9.59 Å². The van der Waals surface area contributed by atoms with Crippen LogP contribution in [0.5, 0.6) is 0 Å². The Hall–Kier alpha value is -1.50. The number of ether oxygens (including phenoxy) is 2. The van der Waals surface area contributed by atoms with Crippen molar-refractivity contribution in [1.82, 2.24) is 0 Å². The Morgan fingerprint density at radius 2 is 1.77 bits per heavy atom. The van der Waals surface area contributed by atoms with E-state index in [1.165, 1.54) is 13.8 Å². The van der Waals surface area contributed by atoms with Gasteiger partial charge in [-0.3, -0.25) is 9.59 Å². The van der Waals surface area contributed by atoms with Gasteiger partial charge in [-0.15, -0.1) is 6.42 Å². The van der Waals surface area contributed by atoms with E-state index in [4.69, 9.17) is 6.42 Å². The Morgan fingerprint density at radius 3 is 2.08 bits per heavy atom. The van der Waals surface area contributed by atoms with Gasteiger partial charge in [0, 0.05) is 13.8 Å². The van der Waals surface area contributed by atoms with E-state index in [2.05, 4.69) is 22.3 Å². The van der Waals surface area contributed by atoms with Crippen LogP contribution in [-0.2, 0) is 19.1 Å². The van der Waals surface area contributed by atoms with Crippen molar-refractivity contribution in [3.05, 3.63) is 6.92 Å². The Morgan fingerprint density at radius 1 is 1.31 bits per heavy atom. The van der Waals surface area contributed by atoms with Crippen molar-refractivity contribution in [2.45, 2.75) is 26.1 Å². The fourth-order valence-electron chi connectivity index (χ4n) is 0.671. The first-order valence-electron chi connectivity index (χ1n) is 3.61. The topological polar surface area (TPSA) is 52.6 Å². The van der Waals surface area contributed by atoms with Gasteiger partial charge in [-0.05, 0) is 6.92 Å². The first-order valence-corrected chi connectivity index (χ1v) is 3.61. The number of hydrogen-bond donors (Lipinski definition) is 0. The molecule has 4 nitrogen and oxygen atoms in total. The summed E-state index contributed by atoms with van der Waals surface area (Å²) in [7, 11) is 0. The molecule has 13 heavy (non-hydrogen) atoms. The highest BCUT2D eigenvalue weighted by atomic mass is 16.6. The first-order chi connectivity index (χ1) is 5.97. The minimum absolute atomic E-state index is 0.521. The van der Waals surface area contributed by atoms with Gasteiger partial charge < -0.3 is 9.47 Å². The average molecular weight is 183 g/mol. The molecule has 0 bridgehead atoms. The molecule has 71 valence electrons. The predicted octanol–water partition coefficient (Wildman–Crippen LogP) is 0.317. The van der Waals surface area contributed by atoms with Gasteiger partial charge >= 0.3 is 11.9 Å². The number of esters is 2. The Kier molecular flexibility index (Phi) is 4.60. The molecule has 0 rings (SSSR count). The van der Waals surface area contributed by atoms with E-state index >= 15 is 0 Å². The molecule has 0 saturated carbocycles. The molecule has 0 aliphatic heterocycles. The molecule has 4 heteroatoms. The molecule has 0 fully saturated rings. The number of hydrogen-bond acceptors (Lipinski definition) is 4. The molecule has 2 unspecified atom stereocenters. The van der Waals surface area contributed by atoms with E-state index in [0.717, 1.165) is 0 Å². The van der Waals surface area contributed by atoms with Crippen LogP contribution in [0.1, 0.15) is 13.8 Å². The van der Waals surface area contributed by atoms with E-state index in [1.807, 2.05) is 0 Å². The average Bonchev–Trinajstić information content (AvgIpc) is 1.98. The van der Waals surface area contributed by atoms with Crippen LogP contribution < -0.4 is 0 Å². The quantitative estimate of drug-likeness (QED) is 0.467. The molecule has 0 aliphatic carbocycles. The SMILES string of the molecule is C#CC(OC(C)=O)C([CH2])OC(C)=O. The van der Waals surface area contributed by atoms with Gasteiger partial charge in [0.1, 0.15) is 0 Å². The summed E-state index contributed by atoms with van der Waals surface area (Å²) in [6, 6.07) is 0. The van der Waals surface area contributed by atoms with E-state index in [0.29, 0.717) is 0 Å². The van der Waals surface area contributed by atoms with Gasteiger partial charge in [0.05, 0.1) is 0 Å². The lowest BCUT2D eigenvalue weighted by Crippen LogP contribution is -2.30. The van der Waals surface area contributed by atoms with Crippen molar-refractivity contribution in [3.8, 4) is 12.3 Å². The highest BCUT2D eigenvalue weighted by molar-refractivity contribution is 5.67. The largest absolute Gasteiger partial charge is 0.457 e. The minimum atomic E-state index is -0.929. The number of rotatable bonds is 3. The smallest absolute Gasteiger partial charge is 0.304 e. The molecule has 2 atom stereocenters. The van der Waals surface area contributed by atoms with Crippen LogP contribution in [0.2, 0.25) is 0 Å². The van der Waals surface area contributed by atoms with Gasteiger partial charge in [-0.25, -0.2) is 0 Å². The Labute approximate surface area is 77.2 Å². The maximum Gasteiger partial charge on any atom is 0.304 e. The lowest BCUT2D eigenvalue weighted by molar-refractivity contribution is -0.157. The third-order valence-electron chi connectivity index (χ3n) is 1.11. The van der Waals surface area contributed by atoms with Crippen molar-refractivity contribution < 1.29 is 19.1 Å². The van der Waals surface area contributed by atoms with Gasteiger partial charge in [0.25, 0.3) is 0 Å². The standard InChI is InChI=1S/C9H11O4/c1-5-9(13-8(4)11)6(2)12-7(3)10/h1,6,9H,2H2,3-4H3. The molecule has 0 aromatic heterocycles. The number of terminal acetylenes is 1. The van der Waals surface area contributed by atoms with Crippen LogP contribution in [0.3, 0.4) is 0 Å². The molecule has 0 aromatic rings. The summed E-state index contributed by atoms with van der Waals surface area (Å²) in [6.07, 6.45) is 3.24. The van der Waals surface area contributed by atoms with Crippen LogP contribution in [0.25, 0.3) is 0 Å². The molecular weight excluding hydrogens is 172 g/mol. The van der Waals surface area contributed by atoms with E-state index in [-0.39, 0.29) is 0 Å². The van der Waals surface area contributed by atoms with Crippen molar-refractivity contribution in [2.24, 2.45) is 0 Å². The Balaban J connectivity index is 4.16. The van der Waals surface area contributed by atoms with E-state index in [1.54, 1.807) is 0 Å². The molecular formula is C9H11O4. The van der Waals surface area contributed by atoms with Crippen LogP contribution in [0, 0.1) is 19.3 Å². The fourth-order valence-corrected chi connectivity index (χ4v) is 0.671. The van der Waals surface area contributed by atoms with E-state index < -0.39 is 24.1 Å². The molecule has 0 aromatic carbocycles. The molecule has 0 saturated heterocycles. The monoisotopic (exact) mass is 183 g/mol. The summed E-state index contributed by atoms with van der Waals surface area (Å²) in [5.74, 6) is 1.10. The molecule has 0 aliphatic rings. The normalized spacial score (nSPS) is 13.7. The van der Waals surface area contributed by atoms with Crippen LogP contribution in [0.15, 0.2) is 0 Å². The summed E-state index contributed by atoms with van der Waals surface area (Å²) in [6.45, 7) is 5.87. The summed E-state index contributed by atoms with van der Waals surface area (Å²) >= 11 is 0. The van der Waals surface area contributed by atoms with Gasteiger partial charge in [0.2, 0.25) is 0 Å². The van der Waals surface area contributed by atoms with Gasteiger partial charge in [-0.2, -0.15) is 0 Å². The summed E-state index contributed by atoms with van der Waals surface area (Å²) < 4.78 is 9.28. The summed E-state index contributed by atoms with van der Waals surface area (Å²) in [5.41, 5.74) is 0. The van der Waals surface area contributed by atoms with Crippen molar-refractivity contribution in [2.75, 3.05) is 0 Å². The van der Waals surface area contributed by atoms with Crippen molar-refractivity contribution in [3.63, 3.8) is 0 Å². The highest BCUT2D eigenvalue weighted by Crippen LogP contribution is 2.03. The van der Waals surface area contributed by atoms with Crippen molar-refractivity contribution in [1.29, 1.82) is 0 Å². The second kappa shape index (κ2) is 5.20. The fraction of sp³-hybridized carbons (Fsp3) is 0.444. The van der Waals surface area contributed by atoms with Crippen LogP contribution in [-0.4, -0.2) is 24.1 Å². The molecule has 0 heterocycles. The zero-order chi connectivity index (χ0) is 10.4. The number of carbonyl (C=O) groups is 2. The molecule has 0 amide bonds. The zero-order valence-electron chi connectivity index (χ0n) is 7.57. The summed E-state index contributed by atoms with van der Waals surface area (Å²) in [5, 5.41) is 0. The van der Waals surface area contributed by atoms with Gasteiger partial charge in [-0.1, -0.05) is 5.92 Å². The van der Waals surface area contributed by atoms with Crippen molar-refractivity contribution >= 4 is 11.9 Å². The highest BCUT2D eigenvalue weighted by Gasteiger charge is 2.20. The summed E-state index contributed by atoms with van der Waals surface area (Å²) in [4.78, 5) is 21.0. The third-order valence-corrected chi connectivity index (χ3v) is 1.11. The van der Waals surface area contributed by atoms with Gasteiger partial charge in [0.15, 0.2) is 12.2 Å². The zero-order valence-corrected chi connectivity index (χ0v) is 7.57. The predicted molar refractivity (Wildman–Crippen MR) is 45.3 cm³/mol. The van der Waals surface area contributed by atoms with Crippen LogP contribution in [0.4, 0.5) is 0 Å².